The molecule has 0 aliphatic rings. The van der Waals surface area contributed by atoms with E-state index in [4.69, 9.17) is 9.05 Å². The van der Waals surface area contributed by atoms with Gasteiger partial charge >= 0.3 is 7.60 Å². The summed E-state index contributed by atoms with van der Waals surface area (Å²) >= 11 is 0. The van der Waals surface area contributed by atoms with Crippen LogP contribution >= 0.6 is 7.60 Å². The van der Waals surface area contributed by atoms with E-state index in [0.717, 1.165) is 5.56 Å². The van der Waals surface area contributed by atoms with Crippen molar-refractivity contribution in [2.24, 2.45) is 0 Å². The molecule has 0 aromatic heterocycles. The molecule has 5 heteroatoms. The molecule has 0 aliphatic heterocycles. The summed E-state index contributed by atoms with van der Waals surface area (Å²) in [7, 11) is -3.30. The second-order valence-electron chi connectivity index (χ2n) is 3.48. The van der Waals surface area contributed by atoms with Gasteiger partial charge in [0.25, 0.3) is 0 Å². The summed E-state index contributed by atoms with van der Waals surface area (Å²) in [4.78, 5) is 0. The zero-order valence-electron chi connectivity index (χ0n) is 10.2. The lowest BCUT2D eigenvalue weighted by atomic mass is 10.2. The Labute approximate surface area is 102 Å². The van der Waals surface area contributed by atoms with E-state index >= 15 is 0 Å². The van der Waals surface area contributed by atoms with Crippen molar-refractivity contribution >= 4 is 7.60 Å². The van der Waals surface area contributed by atoms with Crippen LogP contribution in [0, 0.1) is 0 Å². The van der Waals surface area contributed by atoms with Crippen molar-refractivity contribution in [1.29, 1.82) is 0 Å². The molecule has 0 aliphatic carbocycles. The zero-order chi connectivity index (χ0) is 12.7. The first-order valence-corrected chi connectivity index (χ1v) is 7.33. The van der Waals surface area contributed by atoms with E-state index in [2.05, 4.69) is 0 Å². The monoisotopic (exact) mass is 258 g/mol. The van der Waals surface area contributed by atoms with Crippen LogP contribution in [0.3, 0.4) is 0 Å². The van der Waals surface area contributed by atoms with Gasteiger partial charge in [-0.25, -0.2) is 0 Å². The van der Waals surface area contributed by atoms with E-state index < -0.39 is 13.3 Å². The average Bonchev–Trinajstić information content (AvgIpc) is 2.31. The Morgan fingerprint density at radius 1 is 1.18 bits per heavy atom. The van der Waals surface area contributed by atoms with Crippen molar-refractivity contribution < 1.29 is 18.7 Å². The standard InChI is InChI=1S/C12H19O4P/c1-3-15-17(14,16-4-2)12(10-13)11-8-6-5-7-9-11/h5-9,12-13H,3-4,10H2,1-2H3. The Kier molecular flexibility index (Phi) is 5.86. The summed E-state index contributed by atoms with van der Waals surface area (Å²) in [5.41, 5.74) is 0.142. The lowest BCUT2D eigenvalue weighted by molar-refractivity contribution is 0.194. The quantitative estimate of drug-likeness (QED) is 0.764. The van der Waals surface area contributed by atoms with Gasteiger partial charge in [0, 0.05) is 0 Å². The predicted octanol–water partition coefficient (Wildman–Crippen LogP) is 2.99. The third-order valence-electron chi connectivity index (χ3n) is 2.36. The van der Waals surface area contributed by atoms with Crippen LogP contribution in [0.25, 0.3) is 0 Å². The Bertz CT molecular complexity index is 356. The van der Waals surface area contributed by atoms with E-state index in [1.54, 1.807) is 13.8 Å². The summed E-state index contributed by atoms with van der Waals surface area (Å²) < 4.78 is 23.0. The minimum Gasteiger partial charge on any atom is -0.395 e. The van der Waals surface area contributed by atoms with Crippen LogP contribution in [0.15, 0.2) is 30.3 Å². The van der Waals surface area contributed by atoms with Gasteiger partial charge in [-0.2, -0.15) is 0 Å². The van der Waals surface area contributed by atoms with Crippen LogP contribution in [0.4, 0.5) is 0 Å². The zero-order valence-corrected chi connectivity index (χ0v) is 11.1. The van der Waals surface area contributed by atoms with Crippen molar-refractivity contribution in [3.63, 3.8) is 0 Å². The molecule has 0 heterocycles. The second-order valence-corrected chi connectivity index (χ2v) is 5.70. The van der Waals surface area contributed by atoms with Gasteiger partial charge in [0.1, 0.15) is 5.66 Å². The Hall–Kier alpha value is -0.670. The highest BCUT2D eigenvalue weighted by Crippen LogP contribution is 2.60. The number of aliphatic hydroxyl groups is 1. The molecule has 0 spiro atoms. The van der Waals surface area contributed by atoms with Crippen LogP contribution in [-0.4, -0.2) is 24.9 Å². The highest BCUT2D eigenvalue weighted by Gasteiger charge is 2.36. The number of rotatable bonds is 7. The maximum Gasteiger partial charge on any atom is 0.340 e. The average molecular weight is 258 g/mol. The molecule has 1 atom stereocenters. The van der Waals surface area contributed by atoms with Gasteiger partial charge in [-0.15, -0.1) is 0 Å². The summed E-state index contributed by atoms with van der Waals surface area (Å²) in [5.74, 6) is 0. The SMILES string of the molecule is CCOP(=O)(OCC)C(CO)c1ccccc1. The van der Waals surface area contributed by atoms with Crippen LogP contribution in [0.2, 0.25) is 0 Å². The van der Waals surface area contributed by atoms with Crippen LogP contribution in [0.1, 0.15) is 25.1 Å². The molecule has 0 amide bonds. The smallest absolute Gasteiger partial charge is 0.340 e. The molecule has 0 saturated heterocycles. The summed E-state index contributed by atoms with van der Waals surface area (Å²) in [6.07, 6.45) is 0. The fourth-order valence-corrected chi connectivity index (χ4v) is 3.53. The van der Waals surface area contributed by atoms with E-state index in [1.165, 1.54) is 0 Å². The summed E-state index contributed by atoms with van der Waals surface area (Å²) in [6, 6.07) is 9.15. The normalized spacial score (nSPS) is 13.6. The molecule has 1 N–H and O–H groups in total. The molecule has 4 nitrogen and oxygen atoms in total. The molecule has 0 bridgehead atoms. The fourth-order valence-electron chi connectivity index (χ4n) is 1.64. The molecule has 1 aromatic carbocycles. The van der Waals surface area contributed by atoms with Gasteiger partial charge in [-0.3, -0.25) is 4.57 Å². The topological polar surface area (TPSA) is 55.8 Å². The van der Waals surface area contributed by atoms with Crippen LogP contribution < -0.4 is 0 Å². The van der Waals surface area contributed by atoms with E-state index in [0.29, 0.717) is 13.2 Å². The van der Waals surface area contributed by atoms with Crippen molar-refractivity contribution in [2.45, 2.75) is 19.5 Å². The summed E-state index contributed by atoms with van der Waals surface area (Å²) in [5, 5.41) is 9.44. The van der Waals surface area contributed by atoms with Crippen molar-refractivity contribution in [3.05, 3.63) is 35.9 Å². The maximum absolute atomic E-state index is 12.5. The molecule has 1 rings (SSSR count). The molecule has 96 valence electrons. The highest BCUT2D eigenvalue weighted by atomic mass is 31.2. The van der Waals surface area contributed by atoms with Crippen LogP contribution in [0.5, 0.6) is 0 Å². The van der Waals surface area contributed by atoms with Crippen molar-refractivity contribution in [1.82, 2.24) is 0 Å². The lowest BCUT2D eigenvalue weighted by Crippen LogP contribution is -2.10. The molecule has 0 fully saturated rings. The number of aliphatic hydroxyl groups excluding tert-OH is 1. The Morgan fingerprint density at radius 3 is 2.12 bits per heavy atom. The molecular formula is C12H19O4P. The first-order chi connectivity index (χ1) is 8.18. The molecule has 0 saturated carbocycles. The molecule has 17 heavy (non-hydrogen) atoms. The lowest BCUT2D eigenvalue weighted by Gasteiger charge is -2.25. The van der Waals surface area contributed by atoms with Gasteiger partial charge in [-0.1, -0.05) is 30.3 Å². The molecular weight excluding hydrogens is 239 g/mol. The third-order valence-corrected chi connectivity index (χ3v) is 4.82. The third kappa shape index (κ3) is 3.65. The van der Waals surface area contributed by atoms with Gasteiger partial charge in [0.05, 0.1) is 19.8 Å². The van der Waals surface area contributed by atoms with Crippen molar-refractivity contribution in [2.75, 3.05) is 19.8 Å². The summed E-state index contributed by atoms with van der Waals surface area (Å²) in [6.45, 7) is 3.83. The number of hydrogen-bond acceptors (Lipinski definition) is 4. The van der Waals surface area contributed by atoms with Gasteiger partial charge in [-0.05, 0) is 19.4 Å². The van der Waals surface area contributed by atoms with E-state index in [-0.39, 0.29) is 6.61 Å². The fraction of sp³-hybridized carbons (Fsp3) is 0.500. The molecule has 1 unspecified atom stereocenters. The minimum absolute atomic E-state index is 0.263. The first kappa shape index (κ1) is 14.4. The molecule has 1 aromatic rings. The highest BCUT2D eigenvalue weighted by molar-refractivity contribution is 7.54. The van der Waals surface area contributed by atoms with Gasteiger partial charge < -0.3 is 14.2 Å². The van der Waals surface area contributed by atoms with Gasteiger partial charge in [0.15, 0.2) is 0 Å². The predicted molar refractivity (Wildman–Crippen MR) is 67.1 cm³/mol. The first-order valence-electron chi connectivity index (χ1n) is 5.72. The molecule has 0 radical (unpaired) electrons. The van der Waals surface area contributed by atoms with Crippen LogP contribution in [-0.2, 0) is 13.6 Å². The largest absolute Gasteiger partial charge is 0.395 e. The van der Waals surface area contributed by atoms with Crippen molar-refractivity contribution in [3.8, 4) is 0 Å². The number of hydrogen-bond donors (Lipinski definition) is 1. The Balaban J connectivity index is 3.01. The second kappa shape index (κ2) is 6.92. The van der Waals surface area contributed by atoms with E-state index in [1.807, 2.05) is 30.3 Å². The van der Waals surface area contributed by atoms with E-state index in [9.17, 15) is 9.67 Å². The maximum atomic E-state index is 12.5. The number of benzene rings is 1. The van der Waals surface area contributed by atoms with Gasteiger partial charge in [0.2, 0.25) is 0 Å². The minimum atomic E-state index is -3.30. The Morgan fingerprint density at radius 2 is 1.71 bits per heavy atom.